The van der Waals surface area contributed by atoms with E-state index in [9.17, 15) is 0 Å². The third kappa shape index (κ3) is 3.77. The lowest BCUT2D eigenvalue weighted by Crippen LogP contribution is -2.26. The van der Waals surface area contributed by atoms with Gasteiger partial charge in [-0.25, -0.2) is 9.97 Å². The molecule has 0 radical (unpaired) electrons. The first-order chi connectivity index (χ1) is 11.0. The molecule has 1 aliphatic heterocycles. The minimum absolute atomic E-state index is 0.140. The highest BCUT2D eigenvalue weighted by Gasteiger charge is 2.19. The normalized spacial score (nSPS) is 15.7. The zero-order valence-corrected chi connectivity index (χ0v) is 14.6. The van der Waals surface area contributed by atoms with E-state index in [1.807, 2.05) is 19.9 Å². The summed E-state index contributed by atoms with van der Waals surface area (Å²) in [7, 11) is 0. The van der Waals surface area contributed by atoms with E-state index in [0.717, 1.165) is 48.7 Å². The van der Waals surface area contributed by atoms with Gasteiger partial charge in [0.25, 0.3) is 0 Å². The molecule has 0 atom stereocenters. The molecule has 0 saturated carbocycles. The Morgan fingerprint density at radius 1 is 1.09 bits per heavy atom. The van der Waals surface area contributed by atoms with Crippen LogP contribution in [0.1, 0.15) is 24.2 Å². The Kier molecular flexibility index (Phi) is 5.05. The zero-order chi connectivity index (χ0) is 16.4. The molecule has 122 valence electrons. The van der Waals surface area contributed by atoms with Crippen molar-refractivity contribution in [3.8, 4) is 17.1 Å². The van der Waals surface area contributed by atoms with Gasteiger partial charge in [0.05, 0.1) is 29.6 Å². The first-order valence-corrected chi connectivity index (χ1v) is 8.35. The highest BCUT2D eigenvalue weighted by molar-refractivity contribution is 6.36. The second-order valence-corrected chi connectivity index (χ2v) is 6.45. The molecule has 2 aromatic rings. The molecule has 23 heavy (non-hydrogen) atoms. The molecule has 1 aliphatic rings. The lowest BCUT2D eigenvalue weighted by molar-refractivity contribution is 0.0232. The molecule has 3 rings (SSSR count). The highest BCUT2D eigenvalue weighted by Crippen LogP contribution is 2.32. The van der Waals surface area contributed by atoms with Crippen LogP contribution in [0.5, 0.6) is 5.88 Å². The van der Waals surface area contributed by atoms with Gasteiger partial charge in [0.2, 0.25) is 5.88 Å². The SMILES string of the molecule is Cc1nc(-c2ccc(Cl)cc2Cl)c(C)nc1OC1CCOCC1. The van der Waals surface area contributed by atoms with Crippen LogP contribution < -0.4 is 4.74 Å². The predicted octanol–water partition coefficient (Wildman–Crippen LogP) is 4.63. The van der Waals surface area contributed by atoms with Gasteiger partial charge in [-0.1, -0.05) is 23.2 Å². The Hall–Kier alpha value is -1.36. The summed E-state index contributed by atoms with van der Waals surface area (Å²) in [5.41, 5.74) is 3.11. The van der Waals surface area contributed by atoms with Crippen molar-refractivity contribution in [1.82, 2.24) is 9.97 Å². The third-order valence-corrected chi connectivity index (χ3v) is 4.38. The van der Waals surface area contributed by atoms with E-state index in [2.05, 4.69) is 9.97 Å². The van der Waals surface area contributed by atoms with Crippen LogP contribution >= 0.6 is 23.2 Å². The number of rotatable bonds is 3. The standard InChI is InChI=1S/C17H18Cl2N2O2/c1-10-16(14-4-3-12(18)9-15(14)19)20-11(2)17(21-10)23-13-5-7-22-8-6-13/h3-4,9,13H,5-8H2,1-2H3. The molecule has 0 N–H and O–H groups in total. The van der Waals surface area contributed by atoms with Crippen LogP contribution in [0.4, 0.5) is 0 Å². The lowest BCUT2D eigenvalue weighted by atomic mass is 10.1. The number of benzene rings is 1. The second kappa shape index (κ2) is 7.04. The van der Waals surface area contributed by atoms with Crippen molar-refractivity contribution in [2.24, 2.45) is 0 Å². The van der Waals surface area contributed by atoms with Gasteiger partial charge in [0.1, 0.15) is 11.8 Å². The van der Waals surface area contributed by atoms with Crippen molar-refractivity contribution in [2.45, 2.75) is 32.8 Å². The summed E-state index contributed by atoms with van der Waals surface area (Å²) < 4.78 is 11.3. The predicted molar refractivity (Wildman–Crippen MR) is 91.4 cm³/mol. The number of aryl methyl sites for hydroxylation is 2. The van der Waals surface area contributed by atoms with E-state index in [4.69, 9.17) is 32.7 Å². The largest absolute Gasteiger partial charge is 0.473 e. The molecular formula is C17H18Cl2N2O2. The Morgan fingerprint density at radius 3 is 2.52 bits per heavy atom. The van der Waals surface area contributed by atoms with Gasteiger partial charge in [0, 0.05) is 23.4 Å². The van der Waals surface area contributed by atoms with Gasteiger partial charge >= 0.3 is 0 Å². The average molecular weight is 353 g/mol. The Bertz CT molecular complexity index is 716. The van der Waals surface area contributed by atoms with E-state index >= 15 is 0 Å². The van der Waals surface area contributed by atoms with Crippen molar-refractivity contribution < 1.29 is 9.47 Å². The maximum atomic E-state index is 6.29. The third-order valence-electron chi connectivity index (χ3n) is 3.83. The summed E-state index contributed by atoms with van der Waals surface area (Å²) in [4.78, 5) is 9.24. The molecule has 1 aromatic heterocycles. The summed E-state index contributed by atoms with van der Waals surface area (Å²) >= 11 is 12.2. The molecule has 6 heteroatoms. The highest BCUT2D eigenvalue weighted by atomic mass is 35.5. The molecule has 1 saturated heterocycles. The first kappa shape index (κ1) is 16.5. The van der Waals surface area contributed by atoms with Crippen molar-refractivity contribution in [3.63, 3.8) is 0 Å². The molecule has 2 heterocycles. The fraction of sp³-hybridized carbons (Fsp3) is 0.412. The average Bonchev–Trinajstić information content (AvgIpc) is 2.52. The quantitative estimate of drug-likeness (QED) is 0.807. The summed E-state index contributed by atoms with van der Waals surface area (Å²) in [5.74, 6) is 0.586. The van der Waals surface area contributed by atoms with E-state index in [-0.39, 0.29) is 6.10 Å². The van der Waals surface area contributed by atoms with Crippen LogP contribution in [0.3, 0.4) is 0 Å². The van der Waals surface area contributed by atoms with E-state index < -0.39 is 0 Å². The maximum absolute atomic E-state index is 6.29. The Labute approximate surface area is 145 Å². The zero-order valence-electron chi connectivity index (χ0n) is 13.1. The second-order valence-electron chi connectivity index (χ2n) is 5.60. The van der Waals surface area contributed by atoms with Crippen molar-refractivity contribution >= 4 is 23.2 Å². The molecule has 0 bridgehead atoms. The fourth-order valence-corrected chi connectivity index (χ4v) is 3.08. The van der Waals surface area contributed by atoms with Crippen LogP contribution in [0, 0.1) is 13.8 Å². The fourth-order valence-electron chi connectivity index (χ4n) is 2.58. The van der Waals surface area contributed by atoms with E-state index in [0.29, 0.717) is 15.9 Å². The lowest BCUT2D eigenvalue weighted by Gasteiger charge is -2.23. The van der Waals surface area contributed by atoms with Gasteiger partial charge < -0.3 is 9.47 Å². The molecule has 0 spiro atoms. The van der Waals surface area contributed by atoms with E-state index in [1.165, 1.54) is 0 Å². The van der Waals surface area contributed by atoms with Crippen LogP contribution in [0.15, 0.2) is 18.2 Å². The summed E-state index contributed by atoms with van der Waals surface area (Å²) in [6, 6.07) is 5.37. The van der Waals surface area contributed by atoms with Gasteiger partial charge in [0.15, 0.2) is 0 Å². The van der Waals surface area contributed by atoms with Crippen molar-refractivity contribution in [2.75, 3.05) is 13.2 Å². The van der Waals surface area contributed by atoms with Crippen LogP contribution in [0.25, 0.3) is 11.3 Å². The Morgan fingerprint density at radius 2 is 1.83 bits per heavy atom. The number of nitrogens with zero attached hydrogens (tertiary/aromatic N) is 2. The van der Waals surface area contributed by atoms with Crippen molar-refractivity contribution in [1.29, 1.82) is 0 Å². The van der Waals surface area contributed by atoms with Gasteiger partial charge in [-0.05, 0) is 32.0 Å². The van der Waals surface area contributed by atoms with Crippen molar-refractivity contribution in [3.05, 3.63) is 39.6 Å². The summed E-state index contributed by atoms with van der Waals surface area (Å²) in [5, 5.41) is 1.16. The number of aromatic nitrogens is 2. The molecular weight excluding hydrogens is 335 g/mol. The topological polar surface area (TPSA) is 44.2 Å². The Balaban J connectivity index is 1.90. The number of halogens is 2. The van der Waals surface area contributed by atoms with Crippen LogP contribution in [0.2, 0.25) is 10.0 Å². The van der Waals surface area contributed by atoms with E-state index in [1.54, 1.807) is 12.1 Å². The van der Waals surface area contributed by atoms with Gasteiger partial charge in [-0.15, -0.1) is 0 Å². The molecule has 1 fully saturated rings. The maximum Gasteiger partial charge on any atom is 0.235 e. The van der Waals surface area contributed by atoms with Crippen LogP contribution in [-0.2, 0) is 4.74 Å². The molecule has 4 nitrogen and oxygen atoms in total. The molecule has 0 unspecified atom stereocenters. The monoisotopic (exact) mass is 352 g/mol. The molecule has 0 aliphatic carbocycles. The minimum Gasteiger partial charge on any atom is -0.473 e. The number of hydrogen-bond acceptors (Lipinski definition) is 4. The van der Waals surface area contributed by atoms with Gasteiger partial charge in [-0.2, -0.15) is 0 Å². The van der Waals surface area contributed by atoms with Crippen LogP contribution in [-0.4, -0.2) is 29.3 Å². The minimum atomic E-state index is 0.140. The summed E-state index contributed by atoms with van der Waals surface area (Å²) in [6.07, 6.45) is 1.90. The number of ether oxygens (including phenoxy) is 2. The molecule has 1 aromatic carbocycles. The first-order valence-electron chi connectivity index (χ1n) is 7.59. The smallest absolute Gasteiger partial charge is 0.235 e. The van der Waals surface area contributed by atoms with Gasteiger partial charge in [-0.3, -0.25) is 0 Å². The molecule has 0 amide bonds. The summed E-state index contributed by atoms with van der Waals surface area (Å²) in [6.45, 7) is 5.27. The number of hydrogen-bond donors (Lipinski definition) is 0.